The zero-order valence-corrected chi connectivity index (χ0v) is 19.4. The van der Waals surface area contributed by atoms with Gasteiger partial charge >= 0.3 is 0 Å². The first-order valence-electron chi connectivity index (χ1n) is 11.0. The number of aromatic nitrogens is 1. The van der Waals surface area contributed by atoms with E-state index in [1.807, 2.05) is 38.4 Å². The molecule has 1 aliphatic rings. The Hall–Kier alpha value is -2.43. The predicted octanol–water partition coefficient (Wildman–Crippen LogP) is 4.20. The van der Waals surface area contributed by atoms with E-state index in [9.17, 15) is 9.90 Å². The molecule has 6 nitrogen and oxygen atoms in total. The van der Waals surface area contributed by atoms with Crippen molar-refractivity contribution in [2.75, 3.05) is 18.5 Å². The molecule has 0 aliphatic carbocycles. The Bertz CT molecular complexity index is 916. The van der Waals surface area contributed by atoms with Crippen LogP contribution in [0.3, 0.4) is 0 Å². The van der Waals surface area contributed by atoms with Crippen molar-refractivity contribution in [2.45, 2.75) is 64.0 Å². The van der Waals surface area contributed by atoms with Gasteiger partial charge in [-0.15, -0.1) is 11.3 Å². The van der Waals surface area contributed by atoms with E-state index in [0.717, 1.165) is 48.6 Å². The second kappa shape index (κ2) is 10.3. The fourth-order valence-corrected chi connectivity index (χ4v) is 4.82. The first-order chi connectivity index (χ1) is 14.8. The van der Waals surface area contributed by atoms with Crippen LogP contribution < -0.4 is 10.2 Å². The summed E-state index contributed by atoms with van der Waals surface area (Å²) >= 11 is 1.57. The standard InChI is InChI=1S/C24H32N4O2S/c1-17-6-4-11-24(2,30)12-5-13-28(3)23-27-21(16-31-23)20(26-22(17)29)14-18-7-9-19(15-25)10-8-18/h7-10,16-17,20,30H,4-6,11-14H2,1-3H3,(H,26,29)/t17?,20-,24-/m0/s1. The van der Waals surface area contributed by atoms with Crippen LogP contribution in [-0.2, 0) is 11.2 Å². The number of anilines is 1. The molecule has 0 radical (unpaired) electrons. The number of hydrogen-bond acceptors (Lipinski definition) is 6. The zero-order chi connectivity index (χ0) is 22.4. The van der Waals surface area contributed by atoms with Gasteiger partial charge in [0.05, 0.1) is 29.0 Å². The maximum atomic E-state index is 12.9. The summed E-state index contributed by atoms with van der Waals surface area (Å²) in [4.78, 5) is 19.9. The summed E-state index contributed by atoms with van der Waals surface area (Å²) in [7, 11) is 2.02. The van der Waals surface area contributed by atoms with Gasteiger partial charge in [-0.25, -0.2) is 4.98 Å². The monoisotopic (exact) mass is 440 g/mol. The van der Waals surface area contributed by atoms with Crippen LogP contribution in [0.2, 0.25) is 0 Å². The van der Waals surface area contributed by atoms with E-state index in [1.54, 1.807) is 23.5 Å². The molecule has 0 spiro atoms. The first kappa shape index (κ1) is 23.2. The number of nitrogens with one attached hydrogen (secondary N) is 1. The van der Waals surface area contributed by atoms with Gasteiger partial charge < -0.3 is 15.3 Å². The summed E-state index contributed by atoms with van der Waals surface area (Å²) in [6, 6.07) is 9.39. The van der Waals surface area contributed by atoms with E-state index in [1.165, 1.54) is 0 Å². The quantitative estimate of drug-likeness (QED) is 0.730. The van der Waals surface area contributed by atoms with E-state index in [4.69, 9.17) is 10.2 Å². The largest absolute Gasteiger partial charge is 0.390 e. The molecule has 2 heterocycles. The zero-order valence-electron chi connectivity index (χ0n) is 18.6. The third kappa shape index (κ3) is 6.52. The van der Waals surface area contributed by atoms with Gasteiger partial charge in [-0.05, 0) is 63.1 Å². The van der Waals surface area contributed by atoms with Gasteiger partial charge in [0.15, 0.2) is 5.13 Å². The summed E-state index contributed by atoms with van der Waals surface area (Å²) in [6.45, 7) is 4.66. The van der Waals surface area contributed by atoms with E-state index in [-0.39, 0.29) is 17.9 Å². The van der Waals surface area contributed by atoms with Gasteiger partial charge in [-0.2, -0.15) is 5.26 Å². The molecule has 1 aromatic carbocycles. The molecule has 0 saturated heterocycles. The lowest BCUT2D eigenvalue weighted by Crippen LogP contribution is -2.34. The van der Waals surface area contributed by atoms with Crippen molar-refractivity contribution in [1.29, 1.82) is 5.26 Å². The number of carbonyl (C=O) groups is 1. The molecule has 166 valence electrons. The molecule has 31 heavy (non-hydrogen) atoms. The fraction of sp³-hybridized carbons (Fsp3) is 0.542. The Labute approximate surface area is 188 Å². The lowest BCUT2D eigenvalue weighted by Gasteiger charge is -2.25. The van der Waals surface area contributed by atoms with Gasteiger partial charge in [-0.3, -0.25) is 4.79 Å². The topological polar surface area (TPSA) is 89.2 Å². The molecule has 0 fully saturated rings. The highest BCUT2D eigenvalue weighted by atomic mass is 32.1. The van der Waals surface area contributed by atoms with E-state index in [2.05, 4.69) is 16.3 Å². The molecular formula is C24H32N4O2S. The number of aliphatic hydroxyl groups is 1. The minimum absolute atomic E-state index is 0.0102. The molecule has 2 bridgehead atoms. The maximum absolute atomic E-state index is 12.9. The Kier molecular flexibility index (Phi) is 7.69. The first-order valence-corrected chi connectivity index (χ1v) is 11.8. The highest BCUT2D eigenvalue weighted by Crippen LogP contribution is 2.28. The van der Waals surface area contributed by atoms with Crippen molar-refractivity contribution in [3.63, 3.8) is 0 Å². The Morgan fingerprint density at radius 2 is 2.03 bits per heavy atom. The number of nitriles is 1. The number of carbonyl (C=O) groups excluding carboxylic acids is 1. The Balaban J connectivity index is 1.84. The summed E-state index contributed by atoms with van der Waals surface area (Å²) in [5.41, 5.74) is 1.83. The van der Waals surface area contributed by atoms with Crippen LogP contribution in [0.4, 0.5) is 5.13 Å². The average molecular weight is 441 g/mol. The number of thiazole rings is 1. The molecule has 1 aliphatic heterocycles. The molecule has 1 aromatic heterocycles. The van der Waals surface area contributed by atoms with Crippen LogP contribution in [0.5, 0.6) is 0 Å². The fourth-order valence-electron chi connectivity index (χ4n) is 3.94. The summed E-state index contributed by atoms with van der Waals surface area (Å²) in [6.07, 6.45) is 4.50. The Morgan fingerprint density at radius 1 is 1.32 bits per heavy atom. The second-order valence-corrected chi connectivity index (χ2v) is 9.78. The van der Waals surface area contributed by atoms with Crippen molar-refractivity contribution >= 4 is 22.4 Å². The number of amides is 1. The second-order valence-electron chi connectivity index (χ2n) is 8.94. The third-order valence-electron chi connectivity index (χ3n) is 6.04. The van der Waals surface area contributed by atoms with Crippen LogP contribution >= 0.6 is 11.3 Å². The van der Waals surface area contributed by atoms with Crippen LogP contribution in [0, 0.1) is 17.2 Å². The van der Waals surface area contributed by atoms with Crippen molar-refractivity contribution < 1.29 is 9.90 Å². The molecule has 7 heteroatoms. The van der Waals surface area contributed by atoms with Gasteiger partial charge in [0.25, 0.3) is 0 Å². The lowest BCUT2D eigenvalue weighted by atomic mass is 9.91. The normalized spacial score (nSPS) is 25.8. The third-order valence-corrected chi connectivity index (χ3v) is 7.01. The predicted molar refractivity (Wildman–Crippen MR) is 124 cm³/mol. The van der Waals surface area contributed by atoms with Gasteiger partial charge in [0.2, 0.25) is 5.91 Å². The molecule has 2 N–H and O–H groups in total. The maximum Gasteiger partial charge on any atom is 0.223 e. The summed E-state index contributed by atoms with van der Waals surface area (Å²) < 4.78 is 0. The minimum Gasteiger partial charge on any atom is -0.390 e. The number of benzene rings is 1. The number of hydrogen-bond donors (Lipinski definition) is 2. The van der Waals surface area contributed by atoms with Crippen LogP contribution in [0.15, 0.2) is 29.6 Å². The Morgan fingerprint density at radius 3 is 2.74 bits per heavy atom. The number of rotatable bonds is 2. The van der Waals surface area contributed by atoms with E-state index >= 15 is 0 Å². The molecule has 2 aromatic rings. The van der Waals surface area contributed by atoms with Crippen molar-refractivity contribution in [2.24, 2.45) is 5.92 Å². The molecule has 3 atom stereocenters. The van der Waals surface area contributed by atoms with Crippen LogP contribution in [0.1, 0.15) is 68.8 Å². The average Bonchev–Trinajstić information content (AvgIpc) is 3.23. The highest BCUT2D eigenvalue weighted by Gasteiger charge is 2.25. The number of nitrogens with zero attached hydrogens (tertiary/aromatic N) is 3. The van der Waals surface area contributed by atoms with Crippen molar-refractivity contribution in [1.82, 2.24) is 10.3 Å². The SMILES string of the molecule is CC1CCC[C@](C)(O)CCCN(C)c2nc(cs2)[C@H](Cc2ccc(C#N)cc2)NC1=O. The molecule has 1 amide bonds. The van der Waals surface area contributed by atoms with Crippen molar-refractivity contribution in [3.05, 3.63) is 46.5 Å². The molecule has 0 saturated carbocycles. The van der Waals surface area contributed by atoms with Crippen LogP contribution in [-0.4, -0.2) is 35.2 Å². The van der Waals surface area contributed by atoms with E-state index < -0.39 is 5.60 Å². The smallest absolute Gasteiger partial charge is 0.223 e. The van der Waals surface area contributed by atoms with E-state index in [0.29, 0.717) is 18.4 Å². The van der Waals surface area contributed by atoms with Crippen LogP contribution in [0.25, 0.3) is 0 Å². The molecule has 1 unspecified atom stereocenters. The molecular weight excluding hydrogens is 408 g/mol. The summed E-state index contributed by atoms with van der Waals surface area (Å²) in [5.74, 6) is -0.124. The van der Waals surface area contributed by atoms with Crippen molar-refractivity contribution in [3.8, 4) is 6.07 Å². The highest BCUT2D eigenvalue weighted by molar-refractivity contribution is 7.13. The van der Waals surface area contributed by atoms with Gasteiger partial charge in [0, 0.05) is 24.9 Å². The molecule has 3 rings (SSSR count). The lowest BCUT2D eigenvalue weighted by molar-refractivity contribution is -0.125. The van der Waals surface area contributed by atoms with Gasteiger partial charge in [-0.1, -0.05) is 19.1 Å². The minimum atomic E-state index is -0.705. The summed E-state index contributed by atoms with van der Waals surface area (Å²) in [5, 5.41) is 25.8. The number of fused-ring (bicyclic) bond motifs is 2. The van der Waals surface area contributed by atoms with Gasteiger partial charge in [0.1, 0.15) is 0 Å².